The van der Waals surface area contributed by atoms with Crippen molar-refractivity contribution in [3.8, 4) is 17.0 Å². The lowest BCUT2D eigenvalue weighted by Gasteiger charge is -2.20. The lowest BCUT2D eigenvalue weighted by molar-refractivity contribution is -0.118. The second-order valence-electron chi connectivity index (χ2n) is 10.5. The molecule has 1 aliphatic carbocycles. The van der Waals surface area contributed by atoms with Gasteiger partial charge in [0.2, 0.25) is 15.9 Å². The summed E-state index contributed by atoms with van der Waals surface area (Å²) in [5, 5.41) is 12.8. The van der Waals surface area contributed by atoms with Crippen LogP contribution in [0.15, 0.2) is 95.9 Å². The summed E-state index contributed by atoms with van der Waals surface area (Å²) in [6, 6.07) is 27.1. The Morgan fingerprint density at radius 3 is 2.42 bits per heavy atom. The molecular formula is C33H34ClN3O5S. The van der Waals surface area contributed by atoms with Crippen LogP contribution in [0.2, 0.25) is 5.02 Å². The highest BCUT2D eigenvalue weighted by atomic mass is 35.5. The topological polar surface area (TPSA) is 109 Å². The lowest BCUT2D eigenvalue weighted by Crippen LogP contribution is -2.34. The third-order valence-corrected chi connectivity index (χ3v) is 9.73. The van der Waals surface area contributed by atoms with E-state index in [2.05, 4.69) is 10.3 Å². The summed E-state index contributed by atoms with van der Waals surface area (Å²) in [7, 11) is -3.73. The van der Waals surface area contributed by atoms with Gasteiger partial charge in [0.1, 0.15) is 18.2 Å². The Morgan fingerprint density at radius 1 is 1.00 bits per heavy atom. The van der Waals surface area contributed by atoms with E-state index in [4.69, 9.17) is 16.3 Å². The molecule has 1 amide bonds. The van der Waals surface area contributed by atoms with Crippen LogP contribution in [-0.2, 0) is 26.8 Å². The molecule has 4 aromatic rings. The van der Waals surface area contributed by atoms with Gasteiger partial charge < -0.3 is 15.2 Å². The number of rotatable bonds is 13. The first-order valence-electron chi connectivity index (χ1n) is 14.2. The Labute approximate surface area is 257 Å². The van der Waals surface area contributed by atoms with Gasteiger partial charge in [-0.15, -0.1) is 0 Å². The van der Waals surface area contributed by atoms with Crippen molar-refractivity contribution in [2.75, 3.05) is 25.0 Å². The van der Waals surface area contributed by atoms with Gasteiger partial charge in [-0.05, 0) is 66.8 Å². The number of nitrogens with one attached hydrogen (secondary N) is 1. The molecule has 5 rings (SSSR count). The second kappa shape index (κ2) is 13.3. The second-order valence-corrected chi connectivity index (χ2v) is 12.9. The van der Waals surface area contributed by atoms with Crippen LogP contribution in [0.1, 0.15) is 37.3 Å². The Morgan fingerprint density at radius 2 is 1.74 bits per heavy atom. The first kappa shape index (κ1) is 30.7. The average Bonchev–Trinajstić information content (AvgIpc) is 3.84. The molecule has 0 aliphatic heterocycles. The number of nitrogens with zero attached hydrogens (tertiary/aromatic N) is 2. The summed E-state index contributed by atoms with van der Waals surface area (Å²) in [5.41, 5.74) is 2.46. The van der Waals surface area contributed by atoms with Gasteiger partial charge in [0.15, 0.2) is 0 Å². The molecule has 43 heavy (non-hydrogen) atoms. The van der Waals surface area contributed by atoms with Gasteiger partial charge in [0.25, 0.3) is 0 Å². The van der Waals surface area contributed by atoms with Crippen molar-refractivity contribution in [2.24, 2.45) is 0 Å². The number of carbonyl (C=O) groups excluding carboxylic acids is 1. The summed E-state index contributed by atoms with van der Waals surface area (Å²) in [6.07, 6.45) is 2.03. The maximum Gasteiger partial charge on any atom is 0.243 e. The van der Waals surface area contributed by atoms with Crippen LogP contribution >= 0.6 is 11.6 Å². The van der Waals surface area contributed by atoms with Crippen LogP contribution in [0.4, 0.5) is 5.82 Å². The molecule has 1 saturated carbocycles. The van der Waals surface area contributed by atoms with Crippen LogP contribution in [0, 0.1) is 0 Å². The molecule has 8 nitrogen and oxygen atoms in total. The Bertz CT molecular complexity index is 1670. The fourth-order valence-corrected chi connectivity index (χ4v) is 6.67. The third kappa shape index (κ3) is 6.91. The molecule has 2 N–H and O–H groups in total. The molecule has 0 spiro atoms. The fourth-order valence-electron chi connectivity index (χ4n) is 4.98. The van der Waals surface area contributed by atoms with Crippen molar-refractivity contribution in [1.82, 2.24) is 9.29 Å². The van der Waals surface area contributed by atoms with E-state index < -0.39 is 15.4 Å². The smallest absolute Gasteiger partial charge is 0.243 e. The number of amides is 1. The SMILES string of the molecule is CCCN(CCO)S(=O)(=O)c1ccc(-c2cccc(NC(=O)C3(c4ccc(Cl)c(OCc5ccccc5)c4)CC3)n2)cc1. The quantitative estimate of drug-likeness (QED) is 0.189. The number of ether oxygens (including phenoxy) is 1. The monoisotopic (exact) mass is 619 g/mol. The summed E-state index contributed by atoms with van der Waals surface area (Å²) in [5.74, 6) is 0.772. The molecule has 0 saturated heterocycles. The Hall–Kier alpha value is -3.76. The standard InChI is InChI=1S/C33H34ClN3O5S/c1-2-19-37(20-21-38)43(40,41)27-14-11-25(12-15-27)29-9-6-10-31(35-29)36-32(39)33(17-18-33)26-13-16-28(34)30(22-26)42-23-24-7-4-3-5-8-24/h3-16,22,38H,2,17-21,23H2,1H3,(H,35,36,39). The van der Waals surface area contributed by atoms with Crippen LogP contribution < -0.4 is 10.1 Å². The number of halogens is 1. The molecule has 0 bridgehead atoms. The van der Waals surface area contributed by atoms with E-state index in [1.807, 2.05) is 49.4 Å². The van der Waals surface area contributed by atoms with Gasteiger partial charge in [-0.1, -0.05) is 73.1 Å². The lowest BCUT2D eigenvalue weighted by atomic mass is 9.94. The maximum absolute atomic E-state index is 13.5. The number of sulfonamides is 1. The highest BCUT2D eigenvalue weighted by molar-refractivity contribution is 7.89. The molecule has 0 radical (unpaired) electrons. The minimum absolute atomic E-state index is 0.0424. The Balaban J connectivity index is 1.30. The summed E-state index contributed by atoms with van der Waals surface area (Å²) < 4.78 is 33.3. The zero-order valence-electron chi connectivity index (χ0n) is 23.9. The number of hydrogen-bond acceptors (Lipinski definition) is 6. The largest absolute Gasteiger partial charge is 0.487 e. The first-order chi connectivity index (χ1) is 20.8. The minimum Gasteiger partial charge on any atom is -0.487 e. The summed E-state index contributed by atoms with van der Waals surface area (Å²) >= 11 is 6.41. The van der Waals surface area contributed by atoms with E-state index in [9.17, 15) is 18.3 Å². The van der Waals surface area contributed by atoms with Crippen LogP contribution in [0.25, 0.3) is 11.3 Å². The summed E-state index contributed by atoms with van der Waals surface area (Å²) in [6.45, 7) is 2.38. The molecule has 1 fully saturated rings. The number of benzene rings is 3. The van der Waals surface area contributed by atoms with Crippen molar-refractivity contribution < 1.29 is 23.1 Å². The molecule has 0 atom stereocenters. The normalized spacial score (nSPS) is 14.0. The predicted octanol–water partition coefficient (Wildman–Crippen LogP) is 6.04. The number of pyridine rings is 1. The summed E-state index contributed by atoms with van der Waals surface area (Å²) in [4.78, 5) is 18.3. The fraction of sp³-hybridized carbons (Fsp3) is 0.273. The Kier molecular flexibility index (Phi) is 9.46. The van der Waals surface area contributed by atoms with Crippen LogP contribution in [-0.4, -0.2) is 48.4 Å². The zero-order valence-corrected chi connectivity index (χ0v) is 25.4. The van der Waals surface area contributed by atoms with Crippen molar-refractivity contribution in [3.63, 3.8) is 0 Å². The van der Waals surface area contributed by atoms with Crippen molar-refractivity contribution in [2.45, 2.75) is 43.1 Å². The van der Waals surface area contributed by atoms with Gasteiger partial charge in [0.05, 0.1) is 27.6 Å². The molecule has 3 aromatic carbocycles. The van der Waals surface area contributed by atoms with E-state index >= 15 is 0 Å². The number of carbonyl (C=O) groups is 1. The number of aliphatic hydroxyl groups excluding tert-OH is 1. The predicted molar refractivity (Wildman–Crippen MR) is 168 cm³/mol. The van der Waals surface area contributed by atoms with Gasteiger partial charge >= 0.3 is 0 Å². The highest BCUT2D eigenvalue weighted by Crippen LogP contribution is 2.50. The first-order valence-corrected chi connectivity index (χ1v) is 16.1. The molecule has 1 aromatic heterocycles. The van der Waals surface area contributed by atoms with Crippen LogP contribution in [0.5, 0.6) is 5.75 Å². The third-order valence-electron chi connectivity index (χ3n) is 7.51. The van der Waals surface area contributed by atoms with Gasteiger partial charge in [-0.25, -0.2) is 13.4 Å². The van der Waals surface area contributed by atoms with E-state index in [-0.39, 0.29) is 24.0 Å². The maximum atomic E-state index is 13.5. The number of aromatic nitrogens is 1. The van der Waals surface area contributed by atoms with Gasteiger partial charge in [0, 0.05) is 18.7 Å². The zero-order chi connectivity index (χ0) is 30.5. The molecule has 1 heterocycles. The van der Waals surface area contributed by atoms with E-state index in [1.54, 1.807) is 36.4 Å². The molecular weight excluding hydrogens is 586 g/mol. The highest BCUT2D eigenvalue weighted by Gasteiger charge is 2.51. The number of aliphatic hydroxyl groups is 1. The number of anilines is 1. The molecule has 10 heteroatoms. The average molecular weight is 620 g/mol. The molecule has 1 aliphatic rings. The van der Waals surface area contributed by atoms with E-state index in [1.165, 1.54) is 16.4 Å². The van der Waals surface area contributed by atoms with E-state index in [0.717, 1.165) is 11.1 Å². The van der Waals surface area contributed by atoms with Crippen molar-refractivity contribution in [3.05, 3.63) is 107 Å². The van der Waals surface area contributed by atoms with E-state index in [0.29, 0.717) is 60.3 Å². The van der Waals surface area contributed by atoms with Gasteiger partial charge in [-0.3, -0.25) is 4.79 Å². The van der Waals surface area contributed by atoms with Crippen molar-refractivity contribution >= 4 is 33.3 Å². The van der Waals surface area contributed by atoms with Crippen molar-refractivity contribution in [1.29, 1.82) is 0 Å². The van der Waals surface area contributed by atoms with Gasteiger partial charge in [-0.2, -0.15) is 4.31 Å². The molecule has 0 unspecified atom stereocenters. The minimum atomic E-state index is -3.73. The number of hydrogen-bond donors (Lipinski definition) is 2. The van der Waals surface area contributed by atoms with Crippen LogP contribution in [0.3, 0.4) is 0 Å². The molecule has 224 valence electrons.